The quantitative estimate of drug-likeness (QED) is 0.770. The SMILES string of the molecule is Cl.c1ccc(CCN2CCN(c3c4c(cc5c3CCC5)CCC4)CC2)cc1. The first-order valence-corrected chi connectivity index (χ1v) is 10.6. The molecule has 2 nitrogen and oxygen atoms in total. The molecule has 144 valence electrons. The van der Waals surface area contributed by atoms with Gasteiger partial charge in [0.05, 0.1) is 0 Å². The van der Waals surface area contributed by atoms with Crippen LogP contribution in [0.15, 0.2) is 36.4 Å². The topological polar surface area (TPSA) is 6.48 Å². The first-order valence-electron chi connectivity index (χ1n) is 10.6. The number of benzene rings is 2. The number of hydrogen-bond donors (Lipinski definition) is 0. The van der Waals surface area contributed by atoms with Crippen LogP contribution in [0.25, 0.3) is 0 Å². The number of fused-ring (bicyclic) bond motifs is 2. The Morgan fingerprint density at radius 3 is 2.00 bits per heavy atom. The fourth-order valence-corrected chi connectivity index (χ4v) is 5.29. The summed E-state index contributed by atoms with van der Waals surface area (Å²) in [4.78, 5) is 5.40. The first-order chi connectivity index (χ1) is 12.9. The molecule has 2 aliphatic carbocycles. The van der Waals surface area contributed by atoms with E-state index in [4.69, 9.17) is 0 Å². The zero-order valence-electron chi connectivity index (χ0n) is 16.3. The maximum absolute atomic E-state index is 2.74. The van der Waals surface area contributed by atoms with Crippen LogP contribution in [-0.4, -0.2) is 37.6 Å². The van der Waals surface area contributed by atoms with Crippen LogP contribution in [-0.2, 0) is 32.1 Å². The van der Waals surface area contributed by atoms with Gasteiger partial charge < -0.3 is 4.90 Å². The van der Waals surface area contributed by atoms with Crippen LogP contribution in [0, 0.1) is 0 Å². The minimum atomic E-state index is 0. The number of nitrogens with zero attached hydrogens (tertiary/aromatic N) is 2. The van der Waals surface area contributed by atoms with Crippen molar-refractivity contribution in [3.8, 4) is 0 Å². The van der Waals surface area contributed by atoms with Crippen LogP contribution in [0.1, 0.15) is 40.7 Å². The third-order valence-electron chi connectivity index (χ3n) is 6.69. The van der Waals surface area contributed by atoms with Crippen molar-refractivity contribution in [3.05, 3.63) is 64.2 Å². The summed E-state index contributed by atoms with van der Waals surface area (Å²) in [7, 11) is 0. The monoisotopic (exact) mass is 382 g/mol. The average molecular weight is 383 g/mol. The Kier molecular flexibility index (Phi) is 5.75. The molecule has 0 atom stereocenters. The highest BCUT2D eigenvalue weighted by molar-refractivity contribution is 5.85. The van der Waals surface area contributed by atoms with Gasteiger partial charge in [-0.25, -0.2) is 0 Å². The van der Waals surface area contributed by atoms with Gasteiger partial charge in [-0.15, -0.1) is 12.4 Å². The normalized spacial score (nSPS) is 18.9. The van der Waals surface area contributed by atoms with Gasteiger partial charge in [0.15, 0.2) is 0 Å². The van der Waals surface area contributed by atoms with Crippen LogP contribution in [0.2, 0.25) is 0 Å². The zero-order chi connectivity index (χ0) is 17.3. The minimum absolute atomic E-state index is 0. The van der Waals surface area contributed by atoms with Crippen molar-refractivity contribution in [2.45, 2.75) is 44.9 Å². The molecular formula is C24H31ClN2. The highest BCUT2D eigenvalue weighted by Crippen LogP contribution is 2.40. The standard InChI is InChI=1S/C24H30N2.ClH/c1-2-6-19(7-3-1)12-13-25-14-16-26(17-15-25)24-22-10-4-8-20(22)18-21-9-5-11-23(21)24;/h1-3,6-7,18H,4-5,8-17H2;1H. The van der Waals surface area contributed by atoms with Crippen LogP contribution >= 0.6 is 12.4 Å². The van der Waals surface area contributed by atoms with E-state index < -0.39 is 0 Å². The van der Waals surface area contributed by atoms with E-state index in [2.05, 4.69) is 46.2 Å². The molecule has 3 heteroatoms. The van der Waals surface area contributed by atoms with Gasteiger partial charge in [0, 0.05) is 38.4 Å². The molecule has 1 fully saturated rings. The van der Waals surface area contributed by atoms with Gasteiger partial charge in [-0.2, -0.15) is 0 Å². The Balaban J connectivity index is 0.00000180. The smallest absolute Gasteiger partial charge is 0.0437 e. The van der Waals surface area contributed by atoms with Gasteiger partial charge in [0.25, 0.3) is 0 Å². The molecule has 0 radical (unpaired) electrons. The molecule has 27 heavy (non-hydrogen) atoms. The maximum atomic E-state index is 2.74. The van der Waals surface area contributed by atoms with E-state index in [0.717, 1.165) is 0 Å². The summed E-state index contributed by atoms with van der Waals surface area (Å²) in [5, 5.41) is 0. The third kappa shape index (κ3) is 3.75. The van der Waals surface area contributed by atoms with Crippen molar-refractivity contribution in [1.29, 1.82) is 0 Å². The van der Waals surface area contributed by atoms with E-state index in [-0.39, 0.29) is 12.4 Å². The summed E-state index contributed by atoms with van der Waals surface area (Å²) in [6, 6.07) is 13.5. The summed E-state index contributed by atoms with van der Waals surface area (Å²) in [6.07, 6.45) is 9.15. The highest BCUT2D eigenvalue weighted by atomic mass is 35.5. The third-order valence-corrected chi connectivity index (χ3v) is 6.69. The van der Waals surface area contributed by atoms with E-state index in [0.29, 0.717) is 0 Å². The van der Waals surface area contributed by atoms with Crippen molar-refractivity contribution < 1.29 is 0 Å². The summed E-state index contributed by atoms with van der Waals surface area (Å²) in [5.74, 6) is 0. The Morgan fingerprint density at radius 2 is 1.37 bits per heavy atom. The number of anilines is 1. The van der Waals surface area contributed by atoms with Crippen molar-refractivity contribution in [2.24, 2.45) is 0 Å². The van der Waals surface area contributed by atoms with Crippen LogP contribution < -0.4 is 4.90 Å². The summed E-state index contributed by atoms with van der Waals surface area (Å²) in [6.45, 7) is 6.04. The second-order valence-electron chi connectivity index (χ2n) is 8.27. The lowest BCUT2D eigenvalue weighted by Gasteiger charge is -2.38. The van der Waals surface area contributed by atoms with Crippen LogP contribution in [0.5, 0.6) is 0 Å². The van der Waals surface area contributed by atoms with Crippen LogP contribution in [0.3, 0.4) is 0 Å². The molecule has 2 aromatic rings. The predicted octanol–water partition coefficient (Wildman–Crippen LogP) is 4.45. The largest absolute Gasteiger partial charge is 0.369 e. The van der Waals surface area contributed by atoms with Crippen LogP contribution in [0.4, 0.5) is 5.69 Å². The lowest BCUT2D eigenvalue weighted by Crippen LogP contribution is -2.47. The molecule has 2 aromatic carbocycles. The van der Waals surface area contributed by atoms with E-state index >= 15 is 0 Å². The van der Waals surface area contributed by atoms with E-state index in [1.54, 1.807) is 27.9 Å². The fraction of sp³-hybridized carbons (Fsp3) is 0.500. The first kappa shape index (κ1) is 18.8. The molecule has 0 aromatic heterocycles. The average Bonchev–Trinajstić information content (AvgIpc) is 3.34. The van der Waals surface area contributed by atoms with Gasteiger partial charge in [0.1, 0.15) is 0 Å². The fourth-order valence-electron chi connectivity index (χ4n) is 5.29. The molecule has 0 unspecified atom stereocenters. The predicted molar refractivity (Wildman–Crippen MR) is 117 cm³/mol. The van der Waals surface area contributed by atoms with Crippen molar-refractivity contribution in [3.63, 3.8) is 0 Å². The molecule has 5 rings (SSSR count). The number of rotatable bonds is 4. The summed E-state index contributed by atoms with van der Waals surface area (Å²) >= 11 is 0. The Labute approximate surface area is 170 Å². The molecule has 1 saturated heterocycles. The number of hydrogen-bond acceptors (Lipinski definition) is 2. The van der Waals surface area contributed by atoms with Gasteiger partial charge in [0.2, 0.25) is 0 Å². The second kappa shape index (κ2) is 8.24. The number of halogens is 1. The zero-order valence-corrected chi connectivity index (χ0v) is 17.1. The molecule has 0 bridgehead atoms. The summed E-state index contributed by atoms with van der Waals surface area (Å²) in [5.41, 5.74) is 9.91. The van der Waals surface area contributed by atoms with Gasteiger partial charge in [-0.1, -0.05) is 36.4 Å². The number of piperazine rings is 1. The van der Waals surface area contributed by atoms with E-state index in [9.17, 15) is 0 Å². The Morgan fingerprint density at radius 1 is 0.741 bits per heavy atom. The molecule has 1 aliphatic heterocycles. The minimum Gasteiger partial charge on any atom is -0.369 e. The highest BCUT2D eigenvalue weighted by Gasteiger charge is 2.28. The van der Waals surface area contributed by atoms with Gasteiger partial charge in [-0.05, 0) is 72.8 Å². The molecule has 3 aliphatic rings. The van der Waals surface area contributed by atoms with E-state index in [1.807, 2.05) is 0 Å². The van der Waals surface area contributed by atoms with Crippen molar-refractivity contribution >= 4 is 18.1 Å². The second-order valence-corrected chi connectivity index (χ2v) is 8.27. The maximum Gasteiger partial charge on any atom is 0.0437 e. The summed E-state index contributed by atoms with van der Waals surface area (Å²) < 4.78 is 0. The Bertz CT molecular complexity index is 746. The number of aryl methyl sites for hydroxylation is 2. The molecule has 0 amide bonds. The molecule has 0 saturated carbocycles. The molecular weight excluding hydrogens is 352 g/mol. The molecule has 0 N–H and O–H groups in total. The van der Waals surface area contributed by atoms with Gasteiger partial charge >= 0.3 is 0 Å². The lowest BCUT2D eigenvalue weighted by atomic mass is 9.97. The lowest BCUT2D eigenvalue weighted by molar-refractivity contribution is 0.261. The molecule has 0 spiro atoms. The van der Waals surface area contributed by atoms with Crippen molar-refractivity contribution in [1.82, 2.24) is 4.90 Å². The van der Waals surface area contributed by atoms with Crippen molar-refractivity contribution in [2.75, 3.05) is 37.6 Å². The van der Waals surface area contributed by atoms with E-state index in [1.165, 1.54) is 83.2 Å². The Hall–Kier alpha value is -1.51. The van der Waals surface area contributed by atoms with Gasteiger partial charge in [-0.3, -0.25) is 4.90 Å². The molecule has 1 heterocycles.